The van der Waals surface area contributed by atoms with Crippen LogP contribution in [-0.2, 0) is 14.3 Å². The van der Waals surface area contributed by atoms with Crippen LogP contribution in [0.1, 0.15) is 31.3 Å². The minimum atomic E-state index is -0.662. The fourth-order valence-corrected chi connectivity index (χ4v) is 2.48. The minimum absolute atomic E-state index is 0.0617. The van der Waals surface area contributed by atoms with Crippen LogP contribution in [0.15, 0.2) is 54.3 Å². The maximum Gasteiger partial charge on any atom is 0.356 e. The lowest BCUT2D eigenvalue weighted by Crippen LogP contribution is -2.28. The molecule has 2 rings (SSSR count). The third kappa shape index (κ3) is 5.91. The number of nitrogens with zero attached hydrogens (tertiary/aromatic N) is 2. The molecule has 158 valence electrons. The molecule has 0 saturated carbocycles. The van der Waals surface area contributed by atoms with Crippen LogP contribution in [0, 0.1) is 0 Å². The topological polar surface area (TPSA) is 99.6 Å². The first-order valence-electron chi connectivity index (χ1n) is 9.30. The Hall–Kier alpha value is -3.68. The number of esters is 2. The van der Waals surface area contributed by atoms with Gasteiger partial charge >= 0.3 is 11.9 Å². The molecule has 0 fully saturated rings. The number of rotatable bonds is 8. The third-order valence-corrected chi connectivity index (χ3v) is 4.00. The molecule has 0 amide bonds. The van der Waals surface area contributed by atoms with Gasteiger partial charge in [0.25, 0.3) is 0 Å². The molecule has 0 bridgehead atoms. The molecule has 1 unspecified atom stereocenters. The Kier molecular flexibility index (Phi) is 8.10. The molecule has 8 heteroatoms. The maximum absolute atomic E-state index is 12.0. The molecule has 2 aromatic rings. The summed E-state index contributed by atoms with van der Waals surface area (Å²) in [6.07, 6.45) is 5.61. The molecule has 30 heavy (non-hydrogen) atoms. The number of carbonyl (C=O) groups is 2. The predicted octanol–water partition coefficient (Wildman–Crippen LogP) is 3.76. The molecule has 0 saturated heterocycles. The Morgan fingerprint density at radius 3 is 2.33 bits per heavy atom. The molecule has 1 heterocycles. The molecular formula is C22H25N3O5. The van der Waals surface area contributed by atoms with Crippen molar-refractivity contribution in [2.45, 2.75) is 26.8 Å². The molecule has 8 nitrogen and oxygen atoms in total. The van der Waals surface area contributed by atoms with Crippen LogP contribution in [0.4, 0.5) is 5.82 Å². The molecule has 1 N–H and O–H groups in total. The second-order valence-electron chi connectivity index (χ2n) is 6.16. The maximum atomic E-state index is 12.0. The second kappa shape index (κ2) is 10.8. The van der Waals surface area contributed by atoms with Gasteiger partial charge in [-0.25, -0.2) is 19.6 Å². The van der Waals surface area contributed by atoms with Gasteiger partial charge in [0.2, 0.25) is 0 Å². The van der Waals surface area contributed by atoms with Gasteiger partial charge in [-0.15, -0.1) is 0 Å². The van der Waals surface area contributed by atoms with E-state index in [1.54, 1.807) is 31.2 Å². The lowest BCUT2D eigenvalue weighted by molar-refractivity contribution is -0.141. The van der Waals surface area contributed by atoms with E-state index in [-0.39, 0.29) is 5.69 Å². The van der Waals surface area contributed by atoms with Crippen LogP contribution in [0.2, 0.25) is 0 Å². The highest BCUT2D eigenvalue weighted by molar-refractivity contribution is 5.89. The van der Waals surface area contributed by atoms with E-state index >= 15 is 0 Å². The molecule has 1 aromatic carbocycles. The summed E-state index contributed by atoms with van der Waals surface area (Å²) in [6, 6.07) is 7.87. The number of aromatic nitrogens is 2. The summed E-state index contributed by atoms with van der Waals surface area (Å²) in [5, 5.41) is 2.91. The lowest BCUT2D eigenvalue weighted by atomic mass is 10.2. The Morgan fingerprint density at radius 1 is 1.07 bits per heavy atom. The Bertz CT molecular complexity index is 952. The Morgan fingerprint density at radius 2 is 1.77 bits per heavy atom. The molecule has 1 aromatic heterocycles. The molecule has 0 spiro atoms. The van der Waals surface area contributed by atoms with Crippen molar-refractivity contribution in [2.24, 2.45) is 0 Å². The van der Waals surface area contributed by atoms with Crippen molar-refractivity contribution in [3.05, 3.63) is 60.0 Å². The van der Waals surface area contributed by atoms with Gasteiger partial charge < -0.3 is 19.5 Å². The monoisotopic (exact) mass is 411 g/mol. The zero-order valence-corrected chi connectivity index (χ0v) is 17.6. The highest BCUT2D eigenvalue weighted by Crippen LogP contribution is 2.23. The van der Waals surface area contributed by atoms with Crippen molar-refractivity contribution in [2.75, 3.05) is 19.5 Å². The van der Waals surface area contributed by atoms with E-state index in [1.165, 1.54) is 20.3 Å². The summed E-state index contributed by atoms with van der Waals surface area (Å²) >= 11 is 0. The number of ether oxygens (including phenoxy) is 3. The normalized spacial score (nSPS) is 12.4. The highest BCUT2D eigenvalue weighted by atomic mass is 16.5. The summed E-state index contributed by atoms with van der Waals surface area (Å²) in [5.74, 6) is 0.879. The van der Waals surface area contributed by atoms with Gasteiger partial charge in [0.15, 0.2) is 11.5 Å². The number of allylic oxidation sites excluding steroid dienone is 3. The first-order valence-corrected chi connectivity index (χ1v) is 9.30. The molecule has 0 aliphatic heterocycles. The van der Waals surface area contributed by atoms with E-state index in [0.29, 0.717) is 23.0 Å². The van der Waals surface area contributed by atoms with Gasteiger partial charge in [0, 0.05) is 11.6 Å². The van der Waals surface area contributed by atoms with Crippen LogP contribution >= 0.6 is 0 Å². The van der Waals surface area contributed by atoms with Crippen LogP contribution in [0.3, 0.4) is 0 Å². The zero-order chi connectivity index (χ0) is 22.1. The quantitative estimate of drug-likeness (QED) is 0.398. The molecular weight excluding hydrogens is 386 g/mol. The summed E-state index contributed by atoms with van der Waals surface area (Å²) in [5.41, 5.74) is 0.724. The van der Waals surface area contributed by atoms with E-state index in [0.717, 1.165) is 5.76 Å². The molecule has 0 radical (unpaired) electrons. The molecule has 0 aliphatic rings. The van der Waals surface area contributed by atoms with Gasteiger partial charge in [-0.2, -0.15) is 0 Å². The van der Waals surface area contributed by atoms with E-state index in [9.17, 15) is 9.59 Å². The molecule has 1 atom stereocenters. The van der Waals surface area contributed by atoms with Crippen LogP contribution in [0.25, 0.3) is 11.4 Å². The smallest absolute Gasteiger partial charge is 0.356 e. The van der Waals surface area contributed by atoms with Crippen molar-refractivity contribution in [3.8, 4) is 17.1 Å². The number of benzene rings is 1. The van der Waals surface area contributed by atoms with Gasteiger partial charge in [-0.3, -0.25) is 0 Å². The van der Waals surface area contributed by atoms with Crippen molar-refractivity contribution in [1.82, 2.24) is 9.97 Å². The number of hydrogen-bond acceptors (Lipinski definition) is 8. The van der Waals surface area contributed by atoms with Crippen LogP contribution in [-0.4, -0.2) is 42.2 Å². The van der Waals surface area contributed by atoms with Crippen LogP contribution in [0.5, 0.6) is 5.75 Å². The van der Waals surface area contributed by atoms with Crippen molar-refractivity contribution in [3.63, 3.8) is 0 Å². The fourth-order valence-electron chi connectivity index (χ4n) is 2.48. The average molecular weight is 411 g/mol. The van der Waals surface area contributed by atoms with Crippen molar-refractivity contribution in [1.29, 1.82) is 0 Å². The zero-order valence-electron chi connectivity index (χ0n) is 17.6. The van der Waals surface area contributed by atoms with E-state index in [1.807, 2.05) is 32.1 Å². The standard InChI is InChI=1S/C22H25N3O5/c1-6-8-16(7-2)30-17-11-9-15(10-12-17)20-24-18(22(27)29-5)13-19(25-20)23-14(3)21(26)28-4/h6-14H,1-5H3,(H,23,24,25). The van der Waals surface area contributed by atoms with Gasteiger partial charge in [0.1, 0.15) is 23.4 Å². The Labute approximate surface area is 175 Å². The van der Waals surface area contributed by atoms with E-state index in [4.69, 9.17) is 14.2 Å². The highest BCUT2D eigenvalue weighted by Gasteiger charge is 2.18. The number of carbonyl (C=O) groups excluding carboxylic acids is 2. The lowest BCUT2D eigenvalue weighted by Gasteiger charge is -2.14. The number of nitrogens with one attached hydrogen (secondary N) is 1. The van der Waals surface area contributed by atoms with Gasteiger partial charge in [0.05, 0.1) is 14.2 Å². The van der Waals surface area contributed by atoms with Crippen molar-refractivity contribution < 1.29 is 23.8 Å². The fraction of sp³-hybridized carbons (Fsp3) is 0.273. The minimum Gasteiger partial charge on any atom is -0.467 e. The molecule has 0 aliphatic carbocycles. The SMILES string of the molecule is CC=CC(=CC)Oc1ccc(-c2nc(NC(C)C(=O)OC)cc(C(=O)OC)n2)cc1. The van der Waals surface area contributed by atoms with Gasteiger partial charge in [-0.05, 0) is 57.2 Å². The number of anilines is 1. The summed E-state index contributed by atoms with van der Waals surface area (Å²) in [6.45, 7) is 5.43. The van der Waals surface area contributed by atoms with E-state index in [2.05, 4.69) is 15.3 Å². The predicted molar refractivity (Wildman–Crippen MR) is 113 cm³/mol. The summed E-state index contributed by atoms with van der Waals surface area (Å²) < 4.78 is 15.3. The summed E-state index contributed by atoms with van der Waals surface area (Å²) in [4.78, 5) is 32.4. The first kappa shape index (κ1) is 22.6. The first-order chi connectivity index (χ1) is 14.4. The van der Waals surface area contributed by atoms with E-state index < -0.39 is 18.0 Å². The number of hydrogen-bond donors (Lipinski definition) is 1. The summed E-state index contributed by atoms with van der Waals surface area (Å²) in [7, 11) is 2.56. The van der Waals surface area contributed by atoms with Gasteiger partial charge in [-0.1, -0.05) is 6.08 Å². The second-order valence-corrected chi connectivity index (χ2v) is 6.16. The van der Waals surface area contributed by atoms with Crippen molar-refractivity contribution >= 4 is 17.8 Å². The largest absolute Gasteiger partial charge is 0.467 e. The van der Waals surface area contributed by atoms with Crippen LogP contribution < -0.4 is 10.1 Å². The number of methoxy groups -OCH3 is 2. The average Bonchev–Trinajstić information content (AvgIpc) is 2.77. The third-order valence-electron chi connectivity index (χ3n) is 4.00. The Balaban J connectivity index is 2.36.